The molecular formula is C21H20N4O2. The minimum Gasteiger partial charge on any atom is -0.338 e. The van der Waals surface area contributed by atoms with Gasteiger partial charge in [-0.25, -0.2) is 4.98 Å². The van der Waals surface area contributed by atoms with Gasteiger partial charge >= 0.3 is 0 Å². The summed E-state index contributed by atoms with van der Waals surface area (Å²) in [7, 11) is 0. The van der Waals surface area contributed by atoms with Gasteiger partial charge in [-0.15, -0.1) is 0 Å². The molecular weight excluding hydrogens is 340 g/mol. The number of rotatable bonds is 1. The average molecular weight is 360 g/mol. The number of amides is 2. The molecule has 0 atom stereocenters. The van der Waals surface area contributed by atoms with Crippen LogP contribution in [0.2, 0.25) is 0 Å². The van der Waals surface area contributed by atoms with E-state index in [1.807, 2.05) is 58.0 Å². The molecule has 5 rings (SSSR count). The monoisotopic (exact) mass is 360 g/mol. The van der Waals surface area contributed by atoms with Gasteiger partial charge in [0.25, 0.3) is 0 Å². The summed E-state index contributed by atoms with van der Waals surface area (Å²) in [6.07, 6.45) is 0. The Hall–Kier alpha value is -3.15. The number of anilines is 2. The molecule has 2 aliphatic heterocycles. The van der Waals surface area contributed by atoms with Gasteiger partial charge in [-0.3, -0.25) is 9.59 Å². The minimum atomic E-state index is -0.557. The number of hydrogen-bond donors (Lipinski definition) is 3. The summed E-state index contributed by atoms with van der Waals surface area (Å²) in [5, 5.41) is 5.89. The lowest BCUT2D eigenvalue weighted by atomic mass is 9.86. The number of H-pyrrole nitrogens is 1. The van der Waals surface area contributed by atoms with Crippen LogP contribution in [-0.4, -0.2) is 21.8 Å². The number of benzene rings is 2. The molecule has 6 nitrogen and oxygen atoms in total. The number of carbonyl (C=O) groups is 2. The Balaban J connectivity index is 1.61. The van der Waals surface area contributed by atoms with Gasteiger partial charge < -0.3 is 15.6 Å². The van der Waals surface area contributed by atoms with Crippen LogP contribution in [0.25, 0.3) is 22.4 Å². The molecule has 0 saturated heterocycles. The Labute approximate surface area is 156 Å². The molecule has 0 fully saturated rings. The van der Waals surface area contributed by atoms with E-state index in [4.69, 9.17) is 4.98 Å². The van der Waals surface area contributed by atoms with Crippen LogP contribution in [0, 0.1) is 0 Å². The molecule has 3 aromatic rings. The highest BCUT2D eigenvalue weighted by Gasteiger charge is 2.39. The van der Waals surface area contributed by atoms with Crippen molar-refractivity contribution in [2.75, 3.05) is 10.6 Å². The highest BCUT2D eigenvalue weighted by molar-refractivity contribution is 6.08. The fourth-order valence-corrected chi connectivity index (χ4v) is 3.96. The van der Waals surface area contributed by atoms with E-state index in [0.29, 0.717) is 0 Å². The number of nitrogens with one attached hydrogen (secondary N) is 3. The molecule has 0 unspecified atom stereocenters. The maximum Gasteiger partial charge on any atom is 0.234 e. The first-order chi connectivity index (χ1) is 12.7. The fourth-order valence-electron chi connectivity index (χ4n) is 3.96. The van der Waals surface area contributed by atoms with Gasteiger partial charge in [-0.2, -0.15) is 0 Å². The van der Waals surface area contributed by atoms with Crippen molar-refractivity contribution in [1.82, 2.24) is 9.97 Å². The summed E-state index contributed by atoms with van der Waals surface area (Å²) in [6, 6.07) is 9.84. The zero-order valence-electron chi connectivity index (χ0n) is 15.7. The van der Waals surface area contributed by atoms with Crippen molar-refractivity contribution in [3.8, 4) is 11.4 Å². The fraction of sp³-hybridized carbons (Fsp3) is 0.286. The first-order valence-electron chi connectivity index (χ1n) is 9.00. The van der Waals surface area contributed by atoms with Crippen molar-refractivity contribution < 1.29 is 9.59 Å². The SMILES string of the molecule is CC1(C)C(=O)Nc2cc(-c3nc4cc5c(cc4[nH]3)C(C)(C)C(=O)N5)ccc21. The van der Waals surface area contributed by atoms with Crippen molar-refractivity contribution in [2.24, 2.45) is 0 Å². The second-order valence-electron chi connectivity index (χ2n) is 8.42. The number of aromatic amines is 1. The molecule has 0 radical (unpaired) electrons. The molecule has 6 heteroatoms. The van der Waals surface area contributed by atoms with Crippen molar-refractivity contribution in [2.45, 2.75) is 38.5 Å². The first-order valence-corrected chi connectivity index (χ1v) is 9.00. The van der Waals surface area contributed by atoms with E-state index in [2.05, 4.69) is 15.6 Å². The van der Waals surface area contributed by atoms with Gasteiger partial charge in [0.05, 0.1) is 21.9 Å². The van der Waals surface area contributed by atoms with Crippen LogP contribution in [0.3, 0.4) is 0 Å². The summed E-state index contributed by atoms with van der Waals surface area (Å²) in [5.74, 6) is 0.746. The van der Waals surface area contributed by atoms with Crippen molar-refractivity contribution >= 4 is 34.2 Å². The Morgan fingerprint density at radius 1 is 0.815 bits per heavy atom. The molecule has 0 bridgehead atoms. The lowest BCUT2D eigenvalue weighted by molar-refractivity contribution is -0.120. The smallest absolute Gasteiger partial charge is 0.234 e. The number of nitrogens with zero attached hydrogens (tertiary/aromatic N) is 1. The third-order valence-electron chi connectivity index (χ3n) is 5.89. The van der Waals surface area contributed by atoms with Crippen molar-refractivity contribution in [3.63, 3.8) is 0 Å². The predicted octanol–water partition coefficient (Wildman–Crippen LogP) is 3.69. The van der Waals surface area contributed by atoms with Crippen LogP contribution in [0.4, 0.5) is 11.4 Å². The summed E-state index contributed by atoms with van der Waals surface area (Å²) in [4.78, 5) is 32.4. The molecule has 0 saturated carbocycles. The number of aromatic nitrogens is 2. The number of carbonyl (C=O) groups excluding carboxylic acids is 2. The number of hydrogen-bond acceptors (Lipinski definition) is 3. The van der Waals surface area contributed by atoms with Crippen LogP contribution >= 0.6 is 0 Å². The van der Waals surface area contributed by atoms with Gasteiger partial charge in [-0.1, -0.05) is 12.1 Å². The minimum absolute atomic E-state index is 0.00218. The quantitative estimate of drug-likeness (QED) is 0.618. The van der Waals surface area contributed by atoms with Gasteiger partial charge in [0.1, 0.15) is 5.82 Å². The standard InChI is InChI=1S/C21H20N4O2/c1-20(2)11-6-5-10(7-13(11)24-18(20)26)17-22-15-8-12-14(9-16(15)23-17)25-19(27)21(12,3)4/h5-9H,1-4H3,(H,22,23)(H,24,26)(H,25,27). The Kier molecular flexibility index (Phi) is 2.83. The summed E-state index contributed by atoms with van der Waals surface area (Å²) in [6.45, 7) is 7.68. The van der Waals surface area contributed by atoms with E-state index in [9.17, 15) is 9.59 Å². The molecule has 27 heavy (non-hydrogen) atoms. The molecule has 0 spiro atoms. The van der Waals surface area contributed by atoms with Crippen LogP contribution in [0.1, 0.15) is 38.8 Å². The molecule has 3 heterocycles. The van der Waals surface area contributed by atoms with Gasteiger partial charge in [0.2, 0.25) is 11.8 Å². The largest absolute Gasteiger partial charge is 0.338 e. The second-order valence-corrected chi connectivity index (χ2v) is 8.42. The predicted molar refractivity (Wildman–Crippen MR) is 105 cm³/mol. The number of fused-ring (bicyclic) bond motifs is 3. The Morgan fingerprint density at radius 3 is 2.15 bits per heavy atom. The maximum absolute atomic E-state index is 12.2. The van der Waals surface area contributed by atoms with Crippen LogP contribution < -0.4 is 10.6 Å². The van der Waals surface area contributed by atoms with E-state index in [1.165, 1.54) is 0 Å². The lowest BCUT2D eigenvalue weighted by Gasteiger charge is -2.14. The zero-order chi connectivity index (χ0) is 19.1. The maximum atomic E-state index is 12.2. The third kappa shape index (κ3) is 2.04. The van der Waals surface area contributed by atoms with E-state index in [-0.39, 0.29) is 11.8 Å². The molecule has 136 valence electrons. The molecule has 2 aromatic carbocycles. The van der Waals surface area contributed by atoms with Crippen LogP contribution in [0.5, 0.6) is 0 Å². The van der Waals surface area contributed by atoms with E-state index < -0.39 is 10.8 Å². The highest BCUT2D eigenvalue weighted by Crippen LogP contribution is 2.41. The van der Waals surface area contributed by atoms with Gasteiger partial charge in [0, 0.05) is 16.9 Å². The van der Waals surface area contributed by atoms with Gasteiger partial charge in [-0.05, 0) is 57.0 Å². The molecule has 1 aromatic heterocycles. The van der Waals surface area contributed by atoms with Crippen molar-refractivity contribution in [1.29, 1.82) is 0 Å². The summed E-state index contributed by atoms with van der Waals surface area (Å²) >= 11 is 0. The first kappa shape index (κ1) is 16.1. The third-order valence-corrected chi connectivity index (χ3v) is 5.89. The van der Waals surface area contributed by atoms with Crippen LogP contribution in [-0.2, 0) is 20.4 Å². The van der Waals surface area contributed by atoms with Crippen LogP contribution in [0.15, 0.2) is 30.3 Å². The normalized spacial score (nSPS) is 19.0. The van der Waals surface area contributed by atoms with Gasteiger partial charge in [0.15, 0.2) is 0 Å². The van der Waals surface area contributed by atoms with E-state index >= 15 is 0 Å². The highest BCUT2D eigenvalue weighted by atomic mass is 16.2. The van der Waals surface area contributed by atoms with Crippen molar-refractivity contribution in [3.05, 3.63) is 41.5 Å². The Morgan fingerprint density at radius 2 is 1.44 bits per heavy atom. The molecule has 2 amide bonds. The molecule has 0 aliphatic carbocycles. The summed E-state index contributed by atoms with van der Waals surface area (Å²) in [5.41, 5.74) is 5.13. The summed E-state index contributed by atoms with van der Waals surface area (Å²) < 4.78 is 0. The molecule has 3 N–H and O–H groups in total. The zero-order valence-corrected chi connectivity index (χ0v) is 15.7. The Bertz CT molecular complexity index is 1170. The average Bonchev–Trinajstić information content (AvgIpc) is 3.18. The second kappa shape index (κ2) is 4.76. The molecule has 2 aliphatic rings. The lowest BCUT2D eigenvalue weighted by Crippen LogP contribution is -2.26. The number of imidazole rings is 1. The van der Waals surface area contributed by atoms with E-state index in [0.717, 1.165) is 44.9 Å². The van der Waals surface area contributed by atoms with E-state index in [1.54, 1.807) is 0 Å². The topological polar surface area (TPSA) is 86.9 Å².